The van der Waals surface area contributed by atoms with Crippen LogP contribution in [0, 0.1) is 0 Å². The van der Waals surface area contributed by atoms with E-state index in [1.165, 1.54) is 12.3 Å². The zero-order valence-corrected chi connectivity index (χ0v) is 11.2. The second kappa shape index (κ2) is 5.87. The van der Waals surface area contributed by atoms with Crippen molar-refractivity contribution in [1.82, 2.24) is 14.8 Å². The summed E-state index contributed by atoms with van der Waals surface area (Å²) >= 11 is 0. The van der Waals surface area contributed by atoms with Gasteiger partial charge in [-0.1, -0.05) is 0 Å². The molecule has 7 nitrogen and oxygen atoms in total. The molecule has 7 heteroatoms. The number of piperazine rings is 1. The smallest absolute Gasteiger partial charge is 0.320 e. The Kier molecular flexibility index (Phi) is 4.19. The number of H-pyrrole nitrogens is 1. The van der Waals surface area contributed by atoms with Crippen molar-refractivity contribution in [3.05, 3.63) is 34.2 Å². The molecule has 1 aliphatic rings. The standard InChI is InChI=1S/C13H17N3O4/c1-9(13(19)20)15-4-6-16(7-5-15)12(18)10-2-3-14-11(17)8-10/h2-3,8-9H,4-7H2,1H3,(H,14,17)(H,19,20). The van der Waals surface area contributed by atoms with E-state index in [4.69, 9.17) is 5.11 Å². The number of amides is 1. The monoisotopic (exact) mass is 279 g/mol. The topological polar surface area (TPSA) is 93.7 Å². The Morgan fingerprint density at radius 2 is 1.95 bits per heavy atom. The van der Waals surface area contributed by atoms with Crippen molar-refractivity contribution in [1.29, 1.82) is 0 Å². The van der Waals surface area contributed by atoms with Gasteiger partial charge in [0.2, 0.25) is 5.56 Å². The van der Waals surface area contributed by atoms with Gasteiger partial charge < -0.3 is 15.0 Å². The van der Waals surface area contributed by atoms with E-state index in [-0.39, 0.29) is 11.5 Å². The van der Waals surface area contributed by atoms with E-state index in [0.717, 1.165) is 0 Å². The third-order valence-electron chi connectivity index (χ3n) is 3.53. The molecule has 2 N–H and O–H groups in total. The number of aromatic nitrogens is 1. The predicted octanol–water partition coefficient (Wildman–Crippen LogP) is -0.394. The molecule has 1 saturated heterocycles. The number of nitrogens with one attached hydrogen (secondary N) is 1. The van der Waals surface area contributed by atoms with Gasteiger partial charge >= 0.3 is 5.97 Å². The fourth-order valence-electron chi connectivity index (χ4n) is 2.23. The molecule has 1 unspecified atom stereocenters. The first-order valence-electron chi connectivity index (χ1n) is 6.44. The fourth-order valence-corrected chi connectivity index (χ4v) is 2.23. The summed E-state index contributed by atoms with van der Waals surface area (Å²) in [6.07, 6.45) is 1.44. The first-order valence-corrected chi connectivity index (χ1v) is 6.44. The molecule has 1 fully saturated rings. The van der Waals surface area contributed by atoms with Crippen LogP contribution < -0.4 is 5.56 Å². The van der Waals surface area contributed by atoms with Crippen LogP contribution in [0.15, 0.2) is 23.1 Å². The number of aromatic amines is 1. The normalized spacial score (nSPS) is 17.8. The van der Waals surface area contributed by atoms with E-state index in [2.05, 4.69) is 4.98 Å². The van der Waals surface area contributed by atoms with E-state index >= 15 is 0 Å². The van der Waals surface area contributed by atoms with Crippen molar-refractivity contribution in [2.45, 2.75) is 13.0 Å². The second-order valence-electron chi connectivity index (χ2n) is 4.78. The van der Waals surface area contributed by atoms with E-state index in [0.29, 0.717) is 31.7 Å². The number of nitrogens with zero attached hydrogens (tertiary/aromatic N) is 2. The number of carbonyl (C=O) groups excluding carboxylic acids is 1. The van der Waals surface area contributed by atoms with Crippen LogP contribution in [0.25, 0.3) is 0 Å². The van der Waals surface area contributed by atoms with E-state index in [1.54, 1.807) is 17.9 Å². The summed E-state index contributed by atoms with van der Waals surface area (Å²) in [5.41, 5.74) is 0.0440. The lowest BCUT2D eigenvalue weighted by atomic mass is 10.2. The zero-order chi connectivity index (χ0) is 14.7. The van der Waals surface area contributed by atoms with Crippen molar-refractivity contribution in [2.24, 2.45) is 0 Å². The van der Waals surface area contributed by atoms with Gasteiger partial charge in [0.15, 0.2) is 0 Å². The Bertz CT molecular complexity index is 561. The minimum Gasteiger partial charge on any atom is -0.480 e. The average molecular weight is 279 g/mol. The summed E-state index contributed by atoms with van der Waals surface area (Å²) in [5.74, 6) is -1.06. The van der Waals surface area contributed by atoms with E-state index < -0.39 is 12.0 Å². The molecule has 20 heavy (non-hydrogen) atoms. The number of hydrogen-bond acceptors (Lipinski definition) is 4. The highest BCUT2D eigenvalue weighted by Crippen LogP contribution is 2.09. The SMILES string of the molecule is CC(C(=O)O)N1CCN(C(=O)c2cc[nH]c(=O)c2)CC1. The molecule has 2 rings (SSSR count). The predicted molar refractivity (Wildman–Crippen MR) is 71.6 cm³/mol. The van der Waals surface area contributed by atoms with Gasteiger partial charge in [-0.15, -0.1) is 0 Å². The van der Waals surface area contributed by atoms with Crippen LogP contribution in [0.1, 0.15) is 17.3 Å². The van der Waals surface area contributed by atoms with Gasteiger partial charge in [0.05, 0.1) is 0 Å². The minimum atomic E-state index is -0.862. The summed E-state index contributed by atoms with van der Waals surface area (Å²) in [5, 5.41) is 8.96. The molecule has 2 heterocycles. The highest BCUT2D eigenvalue weighted by atomic mass is 16.4. The van der Waals surface area contributed by atoms with Crippen molar-refractivity contribution in [3.8, 4) is 0 Å². The number of carboxylic acid groups (broad SMARTS) is 1. The third kappa shape index (κ3) is 3.05. The molecule has 1 amide bonds. The molecule has 108 valence electrons. The molecule has 0 aliphatic carbocycles. The summed E-state index contributed by atoms with van der Waals surface area (Å²) in [6.45, 7) is 3.59. The van der Waals surface area contributed by atoms with Crippen LogP contribution in [0.3, 0.4) is 0 Å². The average Bonchev–Trinajstić information content (AvgIpc) is 2.46. The van der Waals surface area contributed by atoms with Gasteiger partial charge in [-0.25, -0.2) is 0 Å². The minimum absolute atomic E-state index is 0.196. The molecule has 0 aromatic carbocycles. The van der Waals surface area contributed by atoms with E-state index in [1.807, 2.05) is 4.90 Å². The lowest BCUT2D eigenvalue weighted by Gasteiger charge is -2.36. The highest BCUT2D eigenvalue weighted by molar-refractivity contribution is 5.94. The number of pyridine rings is 1. The Balaban J connectivity index is 1.99. The van der Waals surface area contributed by atoms with Gasteiger partial charge in [0.1, 0.15) is 6.04 Å². The van der Waals surface area contributed by atoms with Gasteiger partial charge in [-0.3, -0.25) is 19.3 Å². The maximum atomic E-state index is 12.2. The van der Waals surface area contributed by atoms with Gasteiger partial charge in [-0.2, -0.15) is 0 Å². The molecule has 1 aliphatic heterocycles. The Labute approximate surface area is 115 Å². The van der Waals surface area contributed by atoms with Crippen LogP contribution in [0.2, 0.25) is 0 Å². The van der Waals surface area contributed by atoms with Crippen LogP contribution in [-0.2, 0) is 4.79 Å². The van der Waals surface area contributed by atoms with Crippen molar-refractivity contribution < 1.29 is 14.7 Å². The molecule has 0 saturated carbocycles. The highest BCUT2D eigenvalue weighted by Gasteiger charge is 2.27. The number of carbonyl (C=O) groups is 2. The van der Waals surface area contributed by atoms with Crippen LogP contribution in [0.4, 0.5) is 0 Å². The number of hydrogen-bond donors (Lipinski definition) is 2. The quantitative estimate of drug-likeness (QED) is 0.785. The number of aliphatic carboxylic acids is 1. The molecule has 1 atom stereocenters. The largest absolute Gasteiger partial charge is 0.480 e. The number of rotatable bonds is 3. The molecule has 0 bridgehead atoms. The zero-order valence-electron chi connectivity index (χ0n) is 11.2. The molecular weight excluding hydrogens is 262 g/mol. The summed E-state index contributed by atoms with van der Waals surface area (Å²) in [4.78, 5) is 40.2. The van der Waals surface area contributed by atoms with Gasteiger partial charge in [0.25, 0.3) is 5.91 Å². The lowest BCUT2D eigenvalue weighted by molar-refractivity contribution is -0.143. The second-order valence-corrected chi connectivity index (χ2v) is 4.78. The molecule has 0 spiro atoms. The van der Waals surface area contributed by atoms with Crippen molar-refractivity contribution in [3.63, 3.8) is 0 Å². The Hall–Kier alpha value is -2.15. The van der Waals surface area contributed by atoms with Crippen LogP contribution in [0.5, 0.6) is 0 Å². The maximum absolute atomic E-state index is 12.2. The van der Waals surface area contributed by atoms with Gasteiger partial charge in [0, 0.05) is 44.0 Å². The molecule has 1 aromatic rings. The summed E-state index contributed by atoms with van der Waals surface area (Å²) in [6, 6.07) is 2.29. The first-order chi connectivity index (χ1) is 9.49. The number of carboxylic acids is 1. The maximum Gasteiger partial charge on any atom is 0.320 e. The molecular formula is C13H17N3O4. The first kappa shape index (κ1) is 14.3. The van der Waals surface area contributed by atoms with Crippen molar-refractivity contribution in [2.75, 3.05) is 26.2 Å². The molecule has 0 radical (unpaired) electrons. The van der Waals surface area contributed by atoms with E-state index in [9.17, 15) is 14.4 Å². The lowest BCUT2D eigenvalue weighted by Crippen LogP contribution is -2.53. The Morgan fingerprint density at radius 3 is 2.50 bits per heavy atom. The van der Waals surface area contributed by atoms with Crippen LogP contribution in [-0.4, -0.2) is 64.0 Å². The Morgan fingerprint density at radius 1 is 1.30 bits per heavy atom. The van der Waals surface area contributed by atoms with Crippen molar-refractivity contribution >= 4 is 11.9 Å². The fraction of sp³-hybridized carbons (Fsp3) is 0.462. The summed E-state index contributed by atoms with van der Waals surface area (Å²) < 4.78 is 0. The van der Waals surface area contributed by atoms with Gasteiger partial charge in [-0.05, 0) is 13.0 Å². The summed E-state index contributed by atoms with van der Waals surface area (Å²) in [7, 11) is 0. The van der Waals surface area contributed by atoms with Crippen LogP contribution >= 0.6 is 0 Å². The molecule has 1 aromatic heterocycles. The third-order valence-corrected chi connectivity index (χ3v) is 3.53.